The van der Waals surface area contributed by atoms with Gasteiger partial charge in [0.1, 0.15) is 5.75 Å². The molecule has 0 aliphatic rings. The van der Waals surface area contributed by atoms with Crippen molar-refractivity contribution in [1.29, 1.82) is 0 Å². The van der Waals surface area contributed by atoms with E-state index in [9.17, 15) is 4.79 Å². The van der Waals surface area contributed by atoms with E-state index in [0.29, 0.717) is 17.0 Å². The highest BCUT2D eigenvalue weighted by Gasteiger charge is 2.13. The molecule has 144 valence electrons. The lowest BCUT2D eigenvalue weighted by molar-refractivity contribution is 0.102. The monoisotopic (exact) mass is 375 g/mol. The molecular formula is C23H25N3O2. The Morgan fingerprint density at radius 2 is 1.89 bits per heavy atom. The molecule has 0 fully saturated rings. The van der Waals surface area contributed by atoms with E-state index in [1.165, 1.54) is 5.56 Å². The lowest BCUT2D eigenvalue weighted by Gasteiger charge is -2.23. The van der Waals surface area contributed by atoms with Crippen LogP contribution >= 0.6 is 0 Å². The Balaban J connectivity index is 1.80. The number of carbonyl (C=O) groups excluding carboxylic acids is 1. The molecule has 0 bridgehead atoms. The second-order valence-electron chi connectivity index (χ2n) is 6.59. The van der Waals surface area contributed by atoms with Crippen molar-refractivity contribution in [3.8, 4) is 5.75 Å². The smallest absolute Gasteiger partial charge is 0.257 e. The summed E-state index contributed by atoms with van der Waals surface area (Å²) >= 11 is 0. The van der Waals surface area contributed by atoms with E-state index < -0.39 is 0 Å². The average molecular weight is 375 g/mol. The third-order valence-electron chi connectivity index (χ3n) is 4.55. The third-order valence-corrected chi connectivity index (χ3v) is 4.55. The zero-order valence-corrected chi connectivity index (χ0v) is 16.5. The molecule has 2 aromatic carbocycles. The molecule has 0 unspecified atom stereocenters. The molecule has 28 heavy (non-hydrogen) atoms. The number of methoxy groups -OCH3 is 1. The van der Waals surface area contributed by atoms with Gasteiger partial charge in [-0.05, 0) is 43.2 Å². The number of carbonyl (C=O) groups is 1. The Kier molecular flexibility index (Phi) is 6.27. The fourth-order valence-corrected chi connectivity index (χ4v) is 3.03. The van der Waals surface area contributed by atoms with Gasteiger partial charge in [-0.3, -0.25) is 9.78 Å². The second-order valence-corrected chi connectivity index (χ2v) is 6.59. The first-order chi connectivity index (χ1) is 13.6. The van der Waals surface area contributed by atoms with Gasteiger partial charge in [-0.25, -0.2) is 0 Å². The molecule has 0 saturated heterocycles. The van der Waals surface area contributed by atoms with Gasteiger partial charge < -0.3 is 15.0 Å². The van der Waals surface area contributed by atoms with Crippen molar-refractivity contribution in [2.75, 3.05) is 23.9 Å². The van der Waals surface area contributed by atoms with Crippen molar-refractivity contribution >= 4 is 17.3 Å². The maximum atomic E-state index is 12.8. The molecule has 0 spiro atoms. The van der Waals surface area contributed by atoms with Crippen molar-refractivity contribution < 1.29 is 9.53 Å². The minimum Gasteiger partial charge on any atom is -0.495 e. The van der Waals surface area contributed by atoms with Crippen LogP contribution in [0.4, 0.5) is 11.4 Å². The molecule has 3 rings (SSSR count). The first kappa shape index (κ1) is 19.4. The third kappa shape index (κ3) is 4.68. The van der Waals surface area contributed by atoms with Crippen LogP contribution in [0.1, 0.15) is 28.4 Å². The highest BCUT2D eigenvalue weighted by Crippen LogP contribution is 2.26. The molecule has 5 heteroatoms. The summed E-state index contributed by atoms with van der Waals surface area (Å²) in [5, 5.41) is 2.93. The number of aryl methyl sites for hydroxylation is 1. The van der Waals surface area contributed by atoms with Gasteiger partial charge in [0.15, 0.2) is 0 Å². The van der Waals surface area contributed by atoms with Crippen molar-refractivity contribution in [3.63, 3.8) is 0 Å². The van der Waals surface area contributed by atoms with Crippen LogP contribution in [0.3, 0.4) is 0 Å². The van der Waals surface area contributed by atoms with Crippen molar-refractivity contribution in [2.24, 2.45) is 0 Å². The molecule has 1 heterocycles. The van der Waals surface area contributed by atoms with Gasteiger partial charge in [0.05, 0.1) is 30.2 Å². The maximum absolute atomic E-state index is 12.8. The van der Waals surface area contributed by atoms with Crippen molar-refractivity contribution in [2.45, 2.75) is 20.4 Å². The molecule has 0 radical (unpaired) electrons. The van der Waals surface area contributed by atoms with E-state index in [1.807, 2.05) is 49.4 Å². The number of anilines is 2. The molecule has 0 aliphatic heterocycles. The van der Waals surface area contributed by atoms with Gasteiger partial charge in [-0.2, -0.15) is 0 Å². The SMILES string of the molecule is CCN(Cc1ccccc1)c1cncc(C(=O)Nc2cc(C)ccc2OC)c1. The summed E-state index contributed by atoms with van der Waals surface area (Å²) < 4.78 is 5.34. The fourth-order valence-electron chi connectivity index (χ4n) is 3.03. The predicted octanol–water partition coefficient (Wildman–Crippen LogP) is 4.68. The van der Waals surface area contributed by atoms with Gasteiger partial charge in [-0.1, -0.05) is 36.4 Å². The van der Waals surface area contributed by atoms with Crippen molar-refractivity contribution in [1.82, 2.24) is 4.98 Å². The number of amides is 1. The van der Waals surface area contributed by atoms with Crippen LogP contribution in [0, 0.1) is 6.92 Å². The van der Waals surface area contributed by atoms with Crippen LogP contribution in [0.5, 0.6) is 5.75 Å². The van der Waals surface area contributed by atoms with Crippen LogP contribution in [0.2, 0.25) is 0 Å². The lowest BCUT2D eigenvalue weighted by Crippen LogP contribution is -2.23. The summed E-state index contributed by atoms with van der Waals surface area (Å²) in [6.45, 7) is 5.64. The Labute approximate surface area is 166 Å². The van der Waals surface area contributed by atoms with Crippen LogP contribution in [-0.2, 0) is 6.54 Å². The standard InChI is InChI=1S/C23H25N3O2/c1-4-26(16-18-8-6-5-7-9-18)20-13-19(14-24-15-20)23(27)25-21-12-17(2)10-11-22(21)28-3/h5-15H,4,16H2,1-3H3,(H,25,27). The number of nitrogens with one attached hydrogen (secondary N) is 1. The first-order valence-electron chi connectivity index (χ1n) is 9.30. The Morgan fingerprint density at radius 1 is 1.11 bits per heavy atom. The van der Waals surface area contributed by atoms with Crippen molar-refractivity contribution in [3.05, 3.63) is 83.7 Å². The van der Waals surface area contributed by atoms with E-state index in [0.717, 1.165) is 24.3 Å². The molecule has 3 aromatic rings. The molecule has 0 saturated carbocycles. The van der Waals surface area contributed by atoms with Gasteiger partial charge >= 0.3 is 0 Å². The topological polar surface area (TPSA) is 54.5 Å². The molecule has 5 nitrogen and oxygen atoms in total. The Morgan fingerprint density at radius 3 is 2.61 bits per heavy atom. The summed E-state index contributed by atoms with van der Waals surface area (Å²) in [7, 11) is 1.59. The molecule has 0 aliphatic carbocycles. The van der Waals surface area contributed by atoms with E-state index in [1.54, 1.807) is 19.5 Å². The fraction of sp³-hybridized carbons (Fsp3) is 0.217. The maximum Gasteiger partial charge on any atom is 0.257 e. The number of aromatic nitrogens is 1. The molecule has 1 amide bonds. The minimum atomic E-state index is -0.214. The van der Waals surface area contributed by atoms with Crippen LogP contribution in [0.25, 0.3) is 0 Å². The average Bonchev–Trinajstić information content (AvgIpc) is 2.73. The van der Waals surface area contributed by atoms with Crippen LogP contribution in [-0.4, -0.2) is 24.5 Å². The van der Waals surface area contributed by atoms with E-state index in [4.69, 9.17) is 4.74 Å². The highest BCUT2D eigenvalue weighted by molar-refractivity contribution is 6.05. The number of hydrogen-bond donors (Lipinski definition) is 1. The number of pyridine rings is 1. The molecule has 1 aromatic heterocycles. The summed E-state index contributed by atoms with van der Waals surface area (Å²) in [6.07, 6.45) is 3.37. The number of ether oxygens (including phenoxy) is 1. The minimum absolute atomic E-state index is 0.214. The Hall–Kier alpha value is -3.34. The summed E-state index contributed by atoms with van der Waals surface area (Å²) in [6, 6.07) is 17.8. The molecule has 1 N–H and O–H groups in total. The van der Waals surface area contributed by atoms with Crippen LogP contribution in [0.15, 0.2) is 67.0 Å². The number of benzene rings is 2. The number of nitrogens with zero attached hydrogens (tertiary/aromatic N) is 2. The van der Waals surface area contributed by atoms with Gasteiger partial charge in [-0.15, -0.1) is 0 Å². The van der Waals surface area contributed by atoms with Gasteiger partial charge in [0, 0.05) is 19.3 Å². The quantitative estimate of drug-likeness (QED) is 0.652. The second kappa shape index (κ2) is 9.04. The molecular weight excluding hydrogens is 350 g/mol. The Bertz CT molecular complexity index is 942. The van der Waals surface area contributed by atoms with E-state index >= 15 is 0 Å². The van der Waals surface area contributed by atoms with E-state index in [2.05, 4.69) is 34.3 Å². The van der Waals surface area contributed by atoms with Crippen LogP contribution < -0.4 is 15.0 Å². The normalized spacial score (nSPS) is 10.4. The lowest BCUT2D eigenvalue weighted by atomic mass is 10.1. The van der Waals surface area contributed by atoms with Gasteiger partial charge in [0.25, 0.3) is 5.91 Å². The highest BCUT2D eigenvalue weighted by atomic mass is 16.5. The summed E-state index contributed by atoms with van der Waals surface area (Å²) in [5.41, 5.74) is 4.32. The molecule has 0 atom stereocenters. The first-order valence-corrected chi connectivity index (χ1v) is 9.30. The van der Waals surface area contributed by atoms with Gasteiger partial charge in [0.2, 0.25) is 0 Å². The summed E-state index contributed by atoms with van der Waals surface area (Å²) in [5.74, 6) is 0.413. The zero-order chi connectivity index (χ0) is 19.9. The number of hydrogen-bond acceptors (Lipinski definition) is 4. The summed E-state index contributed by atoms with van der Waals surface area (Å²) in [4.78, 5) is 19.3. The zero-order valence-electron chi connectivity index (χ0n) is 16.5. The predicted molar refractivity (Wildman–Crippen MR) is 113 cm³/mol. The largest absolute Gasteiger partial charge is 0.495 e. The van der Waals surface area contributed by atoms with E-state index in [-0.39, 0.29) is 5.91 Å². The number of rotatable bonds is 7.